The predicted molar refractivity (Wildman–Crippen MR) is 129 cm³/mol. The second kappa shape index (κ2) is 7.93. The first-order chi connectivity index (χ1) is 16.5. The molecule has 2 aliphatic rings. The van der Waals surface area contributed by atoms with Crippen molar-refractivity contribution in [2.24, 2.45) is 0 Å². The average molecular weight is 456 g/mol. The maximum absolute atomic E-state index is 12.2. The molecule has 0 saturated carbocycles. The van der Waals surface area contributed by atoms with Gasteiger partial charge in [-0.1, -0.05) is 12.1 Å². The van der Waals surface area contributed by atoms with Gasteiger partial charge in [0, 0.05) is 55.0 Å². The Morgan fingerprint density at radius 3 is 2.71 bits per heavy atom. The number of rotatable bonds is 4. The highest BCUT2D eigenvalue weighted by Crippen LogP contribution is 2.36. The van der Waals surface area contributed by atoms with Gasteiger partial charge in [0.15, 0.2) is 17.2 Å². The number of ketones is 1. The van der Waals surface area contributed by atoms with Crippen LogP contribution in [0.2, 0.25) is 0 Å². The van der Waals surface area contributed by atoms with Gasteiger partial charge < -0.3 is 24.5 Å². The van der Waals surface area contributed by atoms with E-state index in [0.717, 1.165) is 54.5 Å². The van der Waals surface area contributed by atoms with E-state index in [1.807, 2.05) is 47.1 Å². The molecule has 1 aliphatic heterocycles. The van der Waals surface area contributed by atoms with Gasteiger partial charge in [0.05, 0.1) is 18.9 Å². The van der Waals surface area contributed by atoms with Gasteiger partial charge >= 0.3 is 0 Å². The number of benzene rings is 2. The lowest BCUT2D eigenvalue weighted by Gasteiger charge is -2.28. The highest BCUT2D eigenvalue weighted by atomic mass is 16.5. The van der Waals surface area contributed by atoms with Crippen molar-refractivity contribution in [3.8, 4) is 11.3 Å². The molecular formula is C26H25N5O3. The van der Waals surface area contributed by atoms with Crippen LogP contribution in [0, 0.1) is 0 Å². The lowest BCUT2D eigenvalue weighted by Crippen LogP contribution is -2.36. The number of morpholine rings is 1. The molecule has 0 radical (unpaired) electrons. The fraction of sp³-hybridized carbons (Fsp3) is 0.269. The number of nitrogens with zero attached hydrogens (tertiary/aromatic N) is 4. The third kappa shape index (κ3) is 3.52. The van der Waals surface area contributed by atoms with Crippen molar-refractivity contribution < 1.29 is 14.6 Å². The van der Waals surface area contributed by atoms with Crippen LogP contribution < -0.4 is 10.2 Å². The van der Waals surface area contributed by atoms with Crippen LogP contribution in [0.3, 0.4) is 0 Å². The van der Waals surface area contributed by atoms with Crippen LogP contribution in [0.25, 0.3) is 16.9 Å². The molecule has 0 bridgehead atoms. The average Bonchev–Trinajstić information content (AvgIpc) is 3.42. The number of hydrogen-bond donors (Lipinski definition) is 2. The Morgan fingerprint density at radius 1 is 1.12 bits per heavy atom. The zero-order valence-electron chi connectivity index (χ0n) is 18.9. The fourth-order valence-electron chi connectivity index (χ4n) is 4.74. The molecule has 1 atom stereocenters. The second-order valence-corrected chi connectivity index (χ2v) is 8.95. The Balaban J connectivity index is 1.32. The van der Waals surface area contributed by atoms with Crippen molar-refractivity contribution in [1.29, 1.82) is 0 Å². The minimum atomic E-state index is -1.42. The van der Waals surface area contributed by atoms with E-state index in [0.29, 0.717) is 11.4 Å². The van der Waals surface area contributed by atoms with E-state index in [2.05, 4.69) is 27.3 Å². The lowest BCUT2D eigenvalue weighted by molar-refractivity contribution is -0.133. The van der Waals surface area contributed by atoms with Gasteiger partial charge in [-0.3, -0.25) is 4.79 Å². The number of anilines is 3. The number of hydrogen-bond acceptors (Lipinski definition) is 7. The molecule has 1 aliphatic carbocycles. The van der Waals surface area contributed by atoms with E-state index in [1.165, 1.54) is 5.69 Å². The molecule has 2 aromatic carbocycles. The molecule has 3 heterocycles. The number of fused-ring (bicyclic) bond motifs is 2. The van der Waals surface area contributed by atoms with Crippen LogP contribution in [0.15, 0.2) is 61.1 Å². The second-order valence-electron chi connectivity index (χ2n) is 8.95. The summed E-state index contributed by atoms with van der Waals surface area (Å²) >= 11 is 0. The molecule has 1 saturated heterocycles. The van der Waals surface area contributed by atoms with Gasteiger partial charge in [-0.25, -0.2) is 9.97 Å². The van der Waals surface area contributed by atoms with Crippen LogP contribution in [0.4, 0.5) is 17.2 Å². The summed E-state index contributed by atoms with van der Waals surface area (Å²) in [7, 11) is 0. The monoisotopic (exact) mass is 455 g/mol. The van der Waals surface area contributed by atoms with Crippen LogP contribution in [0.5, 0.6) is 0 Å². The van der Waals surface area contributed by atoms with E-state index in [9.17, 15) is 9.90 Å². The number of aliphatic hydroxyl groups is 1. The number of ether oxygens (including phenoxy) is 1. The van der Waals surface area contributed by atoms with Crippen LogP contribution in [-0.2, 0) is 21.6 Å². The van der Waals surface area contributed by atoms with Crippen LogP contribution in [-0.4, -0.2) is 51.6 Å². The Bertz CT molecular complexity index is 1390. The topological polar surface area (TPSA) is 92.0 Å². The number of carbonyl (C=O) groups excluding carboxylic acids is 1. The maximum atomic E-state index is 12.2. The summed E-state index contributed by atoms with van der Waals surface area (Å²) in [6, 6.07) is 14.0. The maximum Gasteiger partial charge on any atom is 0.180 e. The van der Waals surface area contributed by atoms with Gasteiger partial charge in [-0.05, 0) is 48.4 Å². The van der Waals surface area contributed by atoms with Gasteiger partial charge in [-0.2, -0.15) is 0 Å². The molecule has 0 spiro atoms. The van der Waals surface area contributed by atoms with Crippen molar-refractivity contribution in [3.63, 3.8) is 0 Å². The van der Waals surface area contributed by atoms with Crippen molar-refractivity contribution in [2.45, 2.75) is 18.9 Å². The minimum Gasteiger partial charge on any atom is -0.378 e. The number of carbonyl (C=O) groups is 1. The zero-order chi connectivity index (χ0) is 23.3. The number of Topliss-reactive ketones (excluding diaryl/α,β-unsaturated/α-hetero) is 1. The fourth-order valence-corrected chi connectivity index (χ4v) is 4.74. The summed E-state index contributed by atoms with van der Waals surface area (Å²) in [5, 5.41) is 13.9. The quantitative estimate of drug-likeness (QED) is 0.488. The largest absolute Gasteiger partial charge is 0.378 e. The van der Waals surface area contributed by atoms with Crippen LogP contribution >= 0.6 is 0 Å². The molecule has 2 N–H and O–H groups in total. The number of imidazole rings is 1. The van der Waals surface area contributed by atoms with E-state index >= 15 is 0 Å². The normalized spacial score (nSPS) is 20.1. The highest BCUT2D eigenvalue weighted by molar-refractivity contribution is 5.95. The third-order valence-corrected chi connectivity index (χ3v) is 6.70. The highest BCUT2D eigenvalue weighted by Gasteiger charge is 2.40. The predicted octanol–water partition coefficient (Wildman–Crippen LogP) is 3.31. The Kier molecular flexibility index (Phi) is 4.86. The van der Waals surface area contributed by atoms with Crippen molar-refractivity contribution in [1.82, 2.24) is 14.4 Å². The van der Waals surface area contributed by atoms with E-state index in [-0.39, 0.29) is 12.2 Å². The number of nitrogens with one attached hydrogen (secondary N) is 1. The third-order valence-electron chi connectivity index (χ3n) is 6.70. The molecule has 0 amide bonds. The van der Waals surface area contributed by atoms with Crippen molar-refractivity contribution in [3.05, 3.63) is 72.2 Å². The first-order valence-electron chi connectivity index (χ1n) is 11.4. The summed E-state index contributed by atoms with van der Waals surface area (Å²) in [6.07, 6.45) is 5.77. The number of aromatic nitrogens is 3. The molecule has 34 heavy (non-hydrogen) atoms. The molecule has 0 unspecified atom stereocenters. The van der Waals surface area contributed by atoms with Gasteiger partial charge in [0.25, 0.3) is 0 Å². The molecule has 8 heteroatoms. The SMILES string of the molecule is C[C@@]1(O)C(=O)Cc2cc(-c3cn4ccnc4c(Nc4ccc(N5CCOCC5)cc4)n3)ccc21. The Hall–Kier alpha value is -3.75. The standard InChI is InChI=1S/C26H25N5O3/c1-26(33)21-7-2-17(14-18(21)15-23(26)32)22-16-31-9-8-27-25(31)24(29-22)28-19-3-5-20(6-4-19)30-10-12-34-13-11-30/h2-9,14,16,33H,10-13,15H2,1H3,(H,28,29)/t26-/m0/s1. The summed E-state index contributed by atoms with van der Waals surface area (Å²) in [6.45, 7) is 4.86. The minimum absolute atomic E-state index is 0.180. The van der Waals surface area contributed by atoms with Crippen LogP contribution in [0.1, 0.15) is 18.1 Å². The van der Waals surface area contributed by atoms with Gasteiger partial charge in [0.1, 0.15) is 5.60 Å². The molecule has 1 fully saturated rings. The van der Waals surface area contributed by atoms with E-state index in [4.69, 9.17) is 9.72 Å². The first-order valence-corrected chi connectivity index (χ1v) is 11.4. The summed E-state index contributed by atoms with van der Waals surface area (Å²) in [5.41, 5.74) is 4.53. The summed E-state index contributed by atoms with van der Waals surface area (Å²) in [5.74, 6) is 0.464. The Labute approximate surface area is 196 Å². The summed E-state index contributed by atoms with van der Waals surface area (Å²) < 4.78 is 7.38. The lowest BCUT2D eigenvalue weighted by atomic mass is 9.96. The van der Waals surface area contributed by atoms with E-state index < -0.39 is 5.60 Å². The molecule has 2 aromatic heterocycles. The zero-order valence-corrected chi connectivity index (χ0v) is 18.9. The molecule has 8 nitrogen and oxygen atoms in total. The molecule has 172 valence electrons. The van der Waals surface area contributed by atoms with E-state index in [1.54, 1.807) is 13.1 Å². The molecule has 6 rings (SSSR count). The van der Waals surface area contributed by atoms with Gasteiger partial charge in [0.2, 0.25) is 0 Å². The Morgan fingerprint density at radius 2 is 1.91 bits per heavy atom. The van der Waals surface area contributed by atoms with Crippen molar-refractivity contribution in [2.75, 3.05) is 36.5 Å². The smallest absolute Gasteiger partial charge is 0.180 e. The summed E-state index contributed by atoms with van der Waals surface area (Å²) in [4.78, 5) is 23.9. The molecular weight excluding hydrogens is 430 g/mol. The van der Waals surface area contributed by atoms with Crippen molar-refractivity contribution >= 4 is 28.6 Å². The molecule has 4 aromatic rings. The first kappa shape index (κ1) is 20.8. The van der Waals surface area contributed by atoms with Gasteiger partial charge in [-0.15, -0.1) is 0 Å².